The lowest BCUT2D eigenvalue weighted by atomic mass is 10.4. The average molecular weight is 300 g/mol. The van der Waals surface area contributed by atoms with E-state index in [-0.39, 0.29) is 23.6 Å². The Bertz CT molecular complexity index is 468. The number of nitrogen functional groups attached to an aromatic ring is 1. The normalized spacial score (nSPS) is 14.6. The predicted octanol–water partition coefficient (Wildman–Crippen LogP) is 0.719. The minimum Gasteiger partial charge on any atom is -0.394 e. The number of rotatable bonds is 4. The summed E-state index contributed by atoms with van der Waals surface area (Å²) in [5, 5.41) is 2.85. The van der Waals surface area contributed by atoms with E-state index in [1.165, 1.54) is 19.0 Å². The highest BCUT2D eigenvalue weighted by Crippen LogP contribution is 2.27. The Balaban J connectivity index is 1.97. The number of nitrogens with one attached hydrogen (secondary N) is 1. The number of pyridine rings is 1. The van der Waals surface area contributed by atoms with Crippen LogP contribution in [0.15, 0.2) is 21.7 Å². The van der Waals surface area contributed by atoms with Crippen molar-refractivity contribution in [3.05, 3.63) is 27.1 Å². The fraction of sp³-hybridized carbons (Fsp3) is 0.455. The van der Waals surface area contributed by atoms with Crippen molar-refractivity contribution in [3.8, 4) is 0 Å². The van der Waals surface area contributed by atoms with Gasteiger partial charge in [0.05, 0.1) is 10.2 Å². The van der Waals surface area contributed by atoms with Gasteiger partial charge in [0.25, 0.3) is 0 Å². The Morgan fingerprint density at radius 1 is 1.53 bits per heavy atom. The largest absolute Gasteiger partial charge is 0.394 e. The van der Waals surface area contributed by atoms with Crippen LogP contribution in [0.4, 0.5) is 5.69 Å². The van der Waals surface area contributed by atoms with Gasteiger partial charge in [-0.1, -0.05) is 0 Å². The minimum absolute atomic E-state index is 0.0631. The van der Waals surface area contributed by atoms with Gasteiger partial charge in [0.15, 0.2) is 0 Å². The Morgan fingerprint density at radius 3 is 2.82 bits per heavy atom. The van der Waals surface area contributed by atoms with E-state index >= 15 is 0 Å². The van der Waals surface area contributed by atoms with E-state index in [0.29, 0.717) is 10.4 Å². The molecule has 1 aliphatic carbocycles. The first-order valence-corrected chi connectivity index (χ1v) is 6.27. The van der Waals surface area contributed by atoms with Crippen LogP contribution in [0, 0.1) is 5.92 Å². The first kappa shape index (κ1) is 12.2. The van der Waals surface area contributed by atoms with Gasteiger partial charge in [0.2, 0.25) is 11.3 Å². The first-order chi connectivity index (χ1) is 8.06. The monoisotopic (exact) mass is 299 g/mol. The summed E-state index contributed by atoms with van der Waals surface area (Å²) in [5.74, 6) is 0.594. The highest BCUT2D eigenvalue weighted by Gasteiger charge is 2.21. The number of amides is 1. The van der Waals surface area contributed by atoms with Gasteiger partial charge in [0.1, 0.15) is 6.54 Å². The molecule has 17 heavy (non-hydrogen) atoms. The topological polar surface area (TPSA) is 77.1 Å². The minimum atomic E-state index is -0.250. The summed E-state index contributed by atoms with van der Waals surface area (Å²) in [7, 11) is 0. The molecule has 1 saturated carbocycles. The molecule has 0 saturated heterocycles. The third kappa shape index (κ3) is 3.33. The lowest BCUT2D eigenvalue weighted by molar-refractivity contribution is -0.121. The lowest BCUT2D eigenvalue weighted by Gasteiger charge is -2.08. The first-order valence-electron chi connectivity index (χ1n) is 5.48. The number of nitrogens with zero attached hydrogens (tertiary/aromatic N) is 1. The molecule has 1 fully saturated rings. The van der Waals surface area contributed by atoms with Crippen LogP contribution in [-0.2, 0) is 11.3 Å². The van der Waals surface area contributed by atoms with E-state index in [1.807, 2.05) is 0 Å². The molecule has 3 N–H and O–H groups in total. The molecule has 0 aliphatic heterocycles. The van der Waals surface area contributed by atoms with Crippen LogP contribution >= 0.6 is 15.9 Å². The number of aromatic nitrogens is 1. The average Bonchev–Trinajstić information content (AvgIpc) is 3.07. The van der Waals surface area contributed by atoms with Crippen LogP contribution in [0.5, 0.6) is 0 Å². The summed E-state index contributed by atoms with van der Waals surface area (Å²) >= 11 is 3.11. The molecule has 1 aromatic heterocycles. The van der Waals surface area contributed by atoms with Crippen molar-refractivity contribution in [3.63, 3.8) is 0 Å². The van der Waals surface area contributed by atoms with Gasteiger partial charge in [-0.25, -0.2) is 0 Å². The summed E-state index contributed by atoms with van der Waals surface area (Å²) in [6.07, 6.45) is 5.45. The fourth-order valence-electron chi connectivity index (χ4n) is 1.51. The molecular formula is C11H14BrN3O2. The fourth-order valence-corrected chi connectivity index (χ4v) is 2.00. The van der Waals surface area contributed by atoms with Crippen molar-refractivity contribution >= 4 is 27.5 Å². The number of carbonyl (C=O) groups is 1. The van der Waals surface area contributed by atoms with Gasteiger partial charge < -0.3 is 15.6 Å². The van der Waals surface area contributed by atoms with Crippen molar-refractivity contribution in [1.29, 1.82) is 0 Å². The SMILES string of the molecule is Nc1cn(CC(=O)NCC2CC2)cc(Br)c1=O. The standard InChI is InChI=1S/C11H14BrN3O2/c12-8-4-15(5-9(13)11(8)17)6-10(16)14-3-7-1-2-7/h4-5,7H,1-3,6,13H2,(H,14,16). The van der Waals surface area contributed by atoms with E-state index in [2.05, 4.69) is 21.2 Å². The van der Waals surface area contributed by atoms with Gasteiger partial charge >= 0.3 is 0 Å². The Morgan fingerprint density at radius 2 is 2.24 bits per heavy atom. The molecule has 5 nitrogen and oxygen atoms in total. The third-order valence-electron chi connectivity index (χ3n) is 2.67. The molecule has 1 aromatic rings. The molecule has 0 unspecified atom stereocenters. The highest BCUT2D eigenvalue weighted by atomic mass is 79.9. The van der Waals surface area contributed by atoms with Crippen LogP contribution in [0.25, 0.3) is 0 Å². The van der Waals surface area contributed by atoms with E-state index in [4.69, 9.17) is 5.73 Å². The summed E-state index contributed by atoms with van der Waals surface area (Å²) in [6.45, 7) is 0.922. The van der Waals surface area contributed by atoms with Crippen molar-refractivity contribution < 1.29 is 4.79 Å². The smallest absolute Gasteiger partial charge is 0.239 e. The second-order valence-electron chi connectivity index (χ2n) is 4.31. The summed E-state index contributed by atoms with van der Waals surface area (Å²) in [5.41, 5.74) is 5.42. The van der Waals surface area contributed by atoms with Gasteiger partial charge in [-0.3, -0.25) is 9.59 Å². The van der Waals surface area contributed by atoms with Gasteiger partial charge in [0, 0.05) is 18.9 Å². The number of halogens is 1. The maximum Gasteiger partial charge on any atom is 0.239 e. The molecule has 0 bridgehead atoms. The zero-order valence-corrected chi connectivity index (χ0v) is 10.9. The van der Waals surface area contributed by atoms with Crippen LogP contribution in [0.1, 0.15) is 12.8 Å². The number of anilines is 1. The summed E-state index contributed by atoms with van der Waals surface area (Å²) < 4.78 is 1.97. The number of nitrogens with two attached hydrogens (primary N) is 1. The van der Waals surface area contributed by atoms with Gasteiger partial charge in [-0.2, -0.15) is 0 Å². The van der Waals surface area contributed by atoms with Crippen molar-refractivity contribution in [2.75, 3.05) is 12.3 Å². The Hall–Kier alpha value is -1.30. The van der Waals surface area contributed by atoms with E-state index in [1.54, 1.807) is 10.8 Å². The zero-order valence-electron chi connectivity index (χ0n) is 9.28. The molecule has 2 rings (SSSR count). The molecule has 1 heterocycles. The number of carbonyl (C=O) groups excluding carboxylic acids is 1. The molecule has 0 aromatic carbocycles. The van der Waals surface area contributed by atoms with E-state index in [9.17, 15) is 9.59 Å². The highest BCUT2D eigenvalue weighted by molar-refractivity contribution is 9.10. The molecule has 92 valence electrons. The molecule has 1 aliphatic rings. The summed E-state index contributed by atoms with van der Waals surface area (Å²) in [4.78, 5) is 22.9. The quantitative estimate of drug-likeness (QED) is 0.860. The molecule has 0 radical (unpaired) electrons. The summed E-state index contributed by atoms with van der Waals surface area (Å²) in [6, 6.07) is 0. The van der Waals surface area contributed by atoms with Gasteiger partial charge in [-0.05, 0) is 34.7 Å². The maximum atomic E-state index is 11.6. The Kier molecular flexibility index (Phi) is 3.51. The van der Waals surface area contributed by atoms with Crippen molar-refractivity contribution in [2.24, 2.45) is 5.92 Å². The predicted molar refractivity (Wildman–Crippen MR) is 68.5 cm³/mol. The van der Waals surface area contributed by atoms with Crippen LogP contribution < -0.4 is 16.5 Å². The molecular weight excluding hydrogens is 286 g/mol. The van der Waals surface area contributed by atoms with Crippen molar-refractivity contribution in [2.45, 2.75) is 19.4 Å². The molecule has 0 atom stereocenters. The molecule has 0 spiro atoms. The van der Waals surface area contributed by atoms with E-state index in [0.717, 1.165) is 6.54 Å². The zero-order chi connectivity index (χ0) is 12.4. The van der Waals surface area contributed by atoms with Crippen molar-refractivity contribution in [1.82, 2.24) is 9.88 Å². The second kappa shape index (κ2) is 4.91. The number of hydrogen-bond donors (Lipinski definition) is 2. The number of hydrogen-bond acceptors (Lipinski definition) is 3. The van der Waals surface area contributed by atoms with Gasteiger partial charge in [-0.15, -0.1) is 0 Å². The maximum absolute atomic E-state index is 11.6. The van der Waals surface area contributed by atoms with Crippen LogP contribution in [-0.4, -0.2) is 17.0 Å². The van der Waals surface area contributed by atoms with Crippen LogP contribution in [0.3, 0.4) is 0 Å². The lowest BCUT2D eigenvalue weighted by Crippen LogP contribution is -2.29. The molecule has 1 amide bonds. The third-order valence-corrected chi connectivity index (χ3v) is 3.24. The molecule has 6 heteroatoms. The second-order valence-corrected chi connectivity index (χ2v) is 5.16. The van der Waals surface area contributed by atoms with E-state index < -0.39 is 0 Å². The van der Waals surface area contributed by atoms with Crippen LogP contribution in [0.2, 0.25) is 0 Å². The Labute approximate surface area is 107 Å².